The van der Waals surface area contributed by atoms with E-state index in [1.165, 1.54) is 0 Å². The molecule has 2 aromatic carbocycles. The average Bonchev–Trinajstić information content (AvgIpc) is 2.50. The van der Waals surface area contributed by atoms with E-state index in [0.717, 1.165) is 5.56 Å². The topological polar surface area (TPSA) is 38.3 Å². The number of hydrogen-bond donors (Lipinski definition) is 1. The highest BCUT2D eigenvalue weighted by atomic mass is 35.5. The number of nitrogens with one attached hydrogen (secondary N) is 1. The minimum Gasteiger partial charge on any atom is -0.481 e. The van der Waals surface area contributed by atoms with Crippen molar-refractivity contribution in [2.45, 2.75) is 32.8 Å². The summed E-state index contributed by atoms with van der Waals surface area (Å²) in [4.78, 5) is 12.3. The van der Waals surface area contributed by atoms with Gasteiger partial charge < -0.3 is 10.1 Å². The monoisotopic (exact) mass is 351 g/mol. The number of ether oxygens (including phenoxy) is 1. The molecule has 0 saturated carbocycles. The maximum Gasteiger partial charge on any atom is 0.265 e. The predicted molar refractivity (Wildman–Crippen MR) is 95.7 cm³/mol. The molecule has 3 nitrogen and oxygen atoms in total. The maximum atomic E-state index is 12.3. The Labute approximate surface area is 146 Å². The van der Waals surface area contributed by atoms with Gasteiger partial charge in [0.2, 0.25) is 0 Å². The largest absolute Gasteiger partial charge is 0.481 e. The van der Waals surface area contributed by atoms with Gasteiger partial charge in [-0.05, 0) is 42.7 Å². The second-order valence-corrected chi connectivity index (χ2v) is 6.41. The third kappa shape index (κ3) is 4.63. The lowest BCUT2D eigenvalue weighted by atomic mass is 10.0. The Morgan fingerprint density at radius 3 is 2.43 bits per heavy atom. The second-order valence-electron chi connectivity index (χ2n) is 5.57. The first-order chi connectivity index (χ1) is 10.9. The van der Waals surface area contributed by atoms with Crippen LogP contribution in [0, 0.1) is 0 Å². The fourth-order valence-electron chi connectivity index (χ4n) is 2.13. The van der Waals surface area contributed by atoms with E-state index in [4.69, 9.17) is 27.9 Å². The van der Waals surface area contributed by atoms with Crippen LogP contribution in [0.3, 0.4) is 0 Å². The van der Waals surface area contributed by atoms with Gasteiger partial charge in [-0.15, -0.1) is 0 Å². The summed E-state index contributed by atoms with van der Waals surface area (Å²) < 4.78 is 5.82. The third-order valence-electron chi connectivity index (χ3n) is 3.40. The molecule has 122 valence electrons. The van der Waals surface area contributed by atoms with Crippen LogP contribution >= 0.6 is 23.2 Å². The molecule has 0 fully saturated rings. The number of carbonyl (C=O) groups is 1. The SMILES string of the molecule is CC(C)c1ccccc1O[C@@H](C)C(=O)Nc1ccc(Cl)cc1Cl. The number of rotatable bonds is 5. The van der Waals surface area contributed by atoms with Crippen molar-refractivity contribution >= 4 is 34.8 Å². The molecule has 23 heavy (non-hydrogen) atoms. The molecule has 5 heteroatoms. The fourth-order valence-corrected chi connectivity index (χ4v) is 2.59. The summed E-state index contributed by atoms with van der Waals surface area (Å²) in [7, 11) is 0. The molecular formula is C18H19Cl2NO2. The zero-order chi connectivity index (χ0) is 17.0. The van der Waals surface area contributed by atoms with E-state index in [1.54, 1.807) is 25.1 Å². The van der Waals surface area contributed by atoms with Crippen molar-refractivity contribution in [3.8, 4) is 5.75 Å². The van der Waals surface area contributed by atoms with E-state index in [-0.39, 0.29) is 5.91 Å². The van der Waals surface area contributed by atoms with Gasteiger partial charge in [0.1, 0.15) is 5.75 Å². The molecule has 0 heterocycles. The number of carbonyl (C=O) groups excluding carboxylic acids is 1. The van der Waals surface area contributed by atoms with Crippen molar-refractivity contribution < 1.29 is 9.53 Å². The van der Waals surface area contributed by atoms with Gasteiger partial charge in [0.15, 0.2) is 6.10 Å². The van der Waals surface area contributed by atoms with Gasteiger partial charge in [-0.3, -0.25) is 4.79 Å². The Kier molecular flexibility index (Phi) is 5.91. The highest BCUT2D eigenvalue weighted by Crippen LogP contribution is 2.28. The van der Waals surface area contributed by atoms with E-state index in [0.29, 0.717) is 27.4 Å². The van der Waals surface area contributed by atoms with Crippen LogP contribution in [0.25, 0.3) is 0 Å². The Bertz CT molecular complexity index is 701. The molecule has 1 amide bonds. The van der Waals surface area contributed by atoms with E-state index >= 15 is 0 Å². The quantitative estimate of drug-likeness (QED) is 0.769. The van der Waals surface area contributed by atoms with Crippen LogP contribution in [0.2, 0.25) is 10.0 Å². The number of halogens is 2. The fraction of sp³-hybridized carbons (Fsp3) is 0.278. The van der Waals surface area contributed by atoms with Gasteiger partial charge in [0, 0.05) is 5.02 Å². The molecule has 2 rings (SSSR count). The molecule has 0 aliphatic rings. The first-order valence-electron chi connectivity index (χ1n) is 7.40. The summed E-state index contributed by atoms with van der Waals surface area (Å²) in [5, 5.41) is 3.66. The third-order valence-corrected chi connectivity index (χ3v) is 3.95. The minimum atomic E-state index is -0.651. The predicted octanol–water partition coefficient (Wildman–Crippen LogP) is 5.52. The van der Waals surface area contributed by atoms with Crippen LogP contribution in [-0.4, -0.2) is 12.0 Å². The molecule has 0 aliphatic carbocycles. The van der Waals surface area contributed by atoms with Crippen LogP contribution in [0.4, 0.5) is 5.69 Å². The standard InChI is InChI=1S/C18H19Cl2NO2/c1-11(2)14-6-4-5-7-17(14)23-12(3)18(22)21-16-9-8-13(19)10-15(16)20/h4-12H,1-3H3,(H,21,22)/t12-/m0/s1. The van der Waals surface area contributed by atoms with Gasteiger partial charge in [0.05, 0.1) is 10.7 Å². The van der Waals surface area contributed by atoms with Crippen LogP contribution in [0.5, 0.6) is 5.75 Å². The average molecular weight is 352 g/mol. The van der Waals surface area contributed by atoms with E-state index in [9.17, 15) is 4.79 Å². The van der Waals surface area contributed by atoms with Gasteiger partial charge in [-0.25, -0.2) is 0 Å². The smallest absolute Gasteiger partial charge is 0.265 e. The van der Waals surface area contributed by atoms with Crippen LogP contribution < -0.4 is 10.1 Å². The zero-order valence-corrected chi connectivity index (χ0v) is 14.8. The van der Waals surface area contributed by atoms with Crippen molar-refractivity contribution in [3.05, 3.63) is 58.1 Å². The molecule has 1 atom stereocenters. The van der Waals surface area contributed by atoms with Crippen molar-refractivity contribution in [3.63, 3.8) is 0 Å². The van der Waals surface area contributed by atoms with Crippen LogP contribution in [0.15, 0.2) is 42.5 Å². The Morgan fingerprint density at radius 2 is 1.78 bits per heavy atom. The van der Waals surface area contributed by atoms with Gasteiger partial charge in [-0.2, -0.15) is 0 Å². The molecule has 0 bridgehead atoms. The van der Waals surface area contributed by atoms with E-state index in [2.05, 4.69) is 19.2 Å². The highest BCUT2D eigenvalue weighted by molar-refractivity contribution is 6.36. The van der Waals surface area contributed by atoms with E-state index in [1.807, 2.05) is 24.3 Å². The molecule has 0 unspecified atom stereocenters. The van der Waals surface area contributed by atoms with Gasteiger partial charge in [-0.1, -0.05) is 55.2 Å². The summed E-state index contributed by atoms with van der Waals surface area (Å²) in [6, 6.07) is 12.6. The number of amides is 1. The molecule has 2 aromatic rings. The first-order valence-corrected chi connectivity index (χ1v) is 8.15. The van der Waals surface area contributed by atoms with E-state index < -0.39 is 6.10 Å². The highest BCUT2D eigenvalue weighted by Gasteiger charge is 2.18. The molecule has 1 N–H and O–H groups in total. The van der Waals surface area contributed by atoms with Crippen molar-refractivity contribution in [1.82, 2.24) is 0 Å². The van der Waals surface area contributed by atoms with Crippen molar-refractivity contribution in [2.75, 3.05) is 5.32 Å². The zero-order valence-electron chi connectivity index (χ0n) is 13.3. The van der Waals surface area contributed by atoms with Crippen molar-refractivity contribution in [1.29, 1.82) is 0 Å². The van der Waals surface area contributed by atoms with Gasteiger partial charge >= 0.3 is 0 Å². The number of benzene rings is 2. The molecule has 0 saturated heterocycles. The molecule has 0 aromatic heterocycles. The first kappa shape index (κ1) is 17.6. The van der Waals surface area contributed by atoms with Crippen LogP contribution in [-0.2, 0) is 4.79 Å². The Hall–Kier alpha value is -1.71. The lowest BCUT2D eigenvalue weighted by Crippen LogP contribution is -2.30. The Morgan fingerprint density at radius 1 is 1.09 bits per heavy atom. The summed E-state index contributed by atoms with van der Waals surface area (Å²) in [5.74, 6) is 0.757. The lowest BCUT2D eigenvalue weighted by molar-refractivity contribution is -0.122. The molecule has 0 radical (unpaired) electrons. The maximum absolute atomic E-state index is 12.3. The summed E-state index contributed by atoms with van der Waals surface area (Å²) in [6.45, 7) is 5.87. The molecule has 0 spiro atoms. The molecular weight excluding hydrogens is 333 g/mol. The number of anilines is 1. The summed E-state index contributed by atoms with van der Waals surface area (Å²) >= 11 is 11.9. The van der Waals surface area contributed by atoms with Gasteiger partial charge in [0.25, 0.3) is 5.91 Å². The summed E-state index contributed by atoms with van der Waals surface area (Å²) in [5.41, 5.74) is 1.57. The van der Waals surface area contributed by atoms with Crippen LogP contribution in [0.1, 0.15) is 32.3 Å². The molecule has 0 aliphatic heterocycles. The normalized spacial score (nSPS) is 12.1. The lowest BCUT2D eigenvalue weighted by Gasteiger charge is -2.19. The Balaban J connectivity index is 2.09. The second kappa shape index (κ2) is 7.71. The summed E-state index contributed by atoms with van der Waals surface area (Å²) in [6.07, 6.45) is -0.651. The number of para-hydroxylation sites is 1. The number of hydrogen-bond acceptors (Lipinski definition) is 2. The minimum absolute atomic E-state index is 0.271. The van der Waals surface area contributed by atoms with Crippen molar-refractivity contribution in [2.24, 2.45) is 0 Å².